The zero-order valence-corrected chi connectivity index (χ0v) is 16.2. The Balaban J connectivity index is 1.57. The van der Waals surface area contributed by atoms with Crippen molar-refractivity contribution in [2.45, 2.75) is 69.9 Å². The van der Waals surface area contributed by atoms with Crippen molar-refractivity contribution < 1.29 is 13.2 Å². The second kappa shape index (κ2) is 8.25. The monoisotopic (exact) mass is 371 g/mol. The first-order valence-electron chi connectivity index (χ1n) is 9.89. The molecule has 0 amide bonds. The molecule has 0 bridgehead atoms. The Morgan fingerprint density at radius 2 is 2.08 bits per heavy atom. The van der Waals surface area contributed by atoms with Gasteiger partial charge in [0.05, 0.1) is 17.1 Å². The van der Waals surface area contributed by atoms with Crippen LogP contribution in [0.3, 0.4) is 0 Å². The molecule has 1 aliphatic carbocycles. The lowest BCUT2D eigenvalue weighted by molar-refractivity contribution is -0.0815. The summed E-state index contributed by atoms with van der Waals surface area (Å²) >= 11 is 0. The molecule has 2 saturated heterocycles. The van der Waals surface area contributed by atoms with Crippen molar-refractivity contribution in [3.8, 4) is 0 Å². The number of ether oxygens (including phenoxy) is 1. The van der Waals surface area contributed by atoms with E-state index in [4.69, 9.17) is 9.73 Å². The first-order valence-corrected chi connectivity index (χ1v) is 11.7. The molecule has 144 valence electrons. The molecule has 3 aliphatic rings. The van der Waals surface area contributed by atoms with Crippen LogP contribution in [0.15, 0.2) is 4.99 Å². The van der Waals surface area contributed by atoms with Crippen molar-refractivity contribution in [2.75, 3.05) is 31.2 Å². The van der Waals surface area contributed by atoms with Crippen LogP contribution < -0.4 is 10.6 Å². The molecule has 0 aromatic rings. The van der Waals surface area contributed by atoms with E-state index in [1.54, 1.807) is 0 Å². The second-order valence-electron chi connectivity index (χ2n) is 7.96. The molecule has 7 heteroatoms. The predicted molar refractivity (Wildman–Crippen MR) is 101 cm³/mol. The Hall–Kier alpha value is -0.820. The molecule has 3 rings (SSSR count). The highest BCUT2D eigenvalue weighted by Crippen LogP contribution is 2.39. The van der Waals surface area contributed by atoms with E-state index in [-0.39, 0.29) is 17.3 Å². The van der Waals surface area contributed by atoms with Crippen LogP contribution in [-0.4, -0.2) is 57.2 Å². The largest absolute Gasteiger partial charge is 0.375 e. The number of rotatable bonds is 5. The SMILES string of the molecule is CCCNC(=NCC1CCS(=O)(=O)C1)NC1CCOC2(CCCC2)C1. The maximum absolute atomic E-state index is 11.6. The molecule has 2 unspecified atom stereocenters. The van der Waals surface area contributed by atoms with Gasteiger partial charge in [0, 0.05) is 25.7 Å². The van der Waals surface area contributed by atoms with Crippen molar-refractivity contribution in [3.63, 3.8) is 0 Å². The minimum absolute atomic E-state index is 0.0886. The number of hydrogen-bond acceptors (Lipinski definition) is 4. The van der Waals surface area contributed by atoms with Crippen molar-refractivity contribution in [2.24, 2.45) is 10.9 Å². The Morgan fingerprint density at radius 1 is 1.28 bits per heavy atom. The minimum Gasteiger partial charge on any atom is -0.375 e. The summed E-state index contributed by atoms with van der Waals surface area (Å²) in [5, 5.41) is 6.99. The van der Waals surface area contributed by atoms with Gasteiger partial charge < -0.3 is 15.4 Å². The summed E-state index contributed by atoms with van der Waals surface area (Å²) in [5.74, 6) is 1.62. The van der Waals surface area contributed by atoms with Gasteiger partial charge >= 0.3 is 0 Å². The average Bonchev–Trinajstić information content (AvgIpc) is 3.16. The van der Waals surface area contributed by atoms with Gasteiger partial charge in [-0.3, -0.25) is 4.99 Å². The zero-order valence-electron chi connectivity index (χ0n) is 15.4. The van der Waals surface area contributed by atoms with Crippen LogP contribution in [0, 0.1) is 5.92 Å². The number of nitrogens with zero attached hydrogens (tertiary/aromatic N) is 1. The maximum Gasteiger partial charge on any atom is 0.191 e. The molecule has 2 aliphatic heterocycles. The number of guanidine groups is 1. The van der Waals surface area contributed by atoms with Crippen LogP contribution in [0.5, 0.6) is 0 Å². The molecule has 2 heterocycles. The summed E-state index contributed by atoms with van der Waals surface area (Å²) in [6, 6.07) is 0.391. The van der Waals surface area contributed by atoms with E-state index in [1.807, 2.05) is 0 Å². The third kappa shape index (κ3) is 5.33. The number of aliphatic imine (C=N–C) groups is 1. The highest BCUT2D eigenvalue weighted by atomic mass is 32.2. The standard InChI is InChI=1S/C18H33N3O3S/c1-2-9-19-17(20-13-15-6-11-25(22,23)14-15)21-16-5-10-24-18(12-16)7-3-4-8-18/h15-16H,2-14H2,1H3,(H2,19,20,21). The lowest BCUT2D eigenvalue weighted by Gasteiger charge is -2.39. The molecule has 1 saturated carbocycles. The Bertz CT molecular complexity index is 570. The van der Waals surface area contributed by atoms with E-state index in [0.29, 0.717) is 18.3 Å². The van der Waals surface area contributed by atoms with E-state index >= 15 is 0 Å². The van der Waals surface area contributed by atoms with E-state index in [1.165, 1.54) is 25.7 Å². The summed E-state index contributed by atoms with van der Waals surface area (Å²) in [4.78, 5) is 4.71. The Kier molecular flexibility index (Phi) is 6.25. The van der Waals surface area contributed by atoms with Gasteiger partial charge in [0.1, 0.15) is 0 Å². The first kappa shape index (κ1) is 19.0. The molecule has 1 spiro atoms. The molecule has 25 heavy (non-hydrogen) atoms. The molecule has 6 nitrogen and oxygen atoms in total. The molecule has 0 aromatic carbocycles. The van der Waals surface area contributed by atoms with Gasteiger partial charge in [-0.25, -0.2) is 8.42 Å². The lowest BCUT2D eigenvalue weighted by Crippen LogP contribution is -2.50. The van der Waals surface area contributed by atoms with Crippen LogP contribution in [0.4, 0.5) is 0 Å². The van der Waals surface area contributed by atoms with E-state index in [2.05, 4.69) is 17.6 Å². The lowest BCUT2D eigenvalue weighted by atomic mass is 9.89. The second-order valence-corrected chi connectivity index (χ2v) is 10.2. The molecule has 3 fully saturated rings. The molecule has 0 radical (unpaired) electrons. The fourth-order valence-corrected chi connectivity index (χ4v) is 6.19. The molecular weight excluding hydrogens is 338 g/mol. The van der Waals surface area contributed by atoms with E-state index < -0.39 is 9.84 Å². The Morgan fingerprint density at radius 3 is 2.76 bits per heavy atom. The van der Waals surface area contributed by atoms with Crippen LogP contribution >= 0.6 is 0 Å². The van der Waals surface area contributed by atoms with Gasteiger partial charge in [0.2, 0.25) is 0 Å². The minimum atomic E-state index is -2.83. The predicted octanol–water partition coefficient (Wildman–Crippen LogP) is 1.86. The number of nitrogens with one attached hydrogen (secondary N) is 2. The van der Waals surface area contributed by atoms with Crippen LogP contribution in [-0.2, 0) is 14.6 Å². The number of sulfone groups is 1. The Labute approximate surface area is 152 Å². The van der Waals surface area contributed by atoms with Gasteiger partial charge in [-0.1, -0.05) is 19.8 Å². The highest BCUT2D eigenvalue weighted by Gasteiger charge is 2.40. The maximum atomic E-state index is 11.6. The van der Waals surface area contributed by atoms with Gasteiger partial charge in [0.15, 0.2) is 15.8 Å². The van der Waals surface area contributed by atoms with Crippen LogP contribution in [0.25, 0.3) is 0 Å². The van der Waals surface area contributed by atoms with Crippen molar-refractivity contribution in [1.82, 2.24) is 10.6 Å². The van der Waals surface area contributed by atoms with Gasteiger partial charge in [-0.2, -0.15) is 0 Å². The third-order valence-corrected chi connectivity index (χ3v) is 7.56. The topological polar surface area (TPSA) is 79.8 Å². The summed E-state index contributed by atoms with van der Waals surface area (Å²) in [5.41, 5.74) is 0.0886. The average molecular weight is 372 g/mol. The van der Waals surface area contributed by atoms with E-state index in [9.17, 15) is 8.42 Å². The molecule has 2 atom stereocenters. The van der Waals surface area contributed by atoms with Gasteiger partial charge in [-0.05, 0) is 44.4 Å². The summed E-state index contributed by atoms with van der Waals surface area (Å²) in [6.45, 7) is 4.42. The fourth-order valence-electron chi connectivity index (χ4n) is 4.34. The fraction of sp³-hybridized carbons (Fsp3) is 0.944. The summed E-state index contributed by atoms with van der Waals surface area (Å²) < 4.78 is 29.4. The smallest absolute Gasteiger partial charge is 0.191 e. The summed E-state index contributed by atoms with van der Waals surface area (Å²) in [7, 11) is -2.83. The van der Waals surface area contributed by atoms with Crippen LogP contribution in [0.2, 0.25) is 0 Å². The van der Waals surface area contributed by atoms with Crippen molar-refractivity contribution in [1.29, 1.82) is 0 Å². The van der Waals surface area contributed by atoms with E-state index in [0.717, 1.165) is 44.8 Å². The highest BCUT2D eigenvalue weighted by molar-refractivity contribution is 7.91. The quantitative estimate of drug-likeness (QED) is 0.570. The molecule has 0 aromatic heterocycles. The van der Waals surface area contributed by atoms with Gasteiger partial charge in [-0.15, -0.1) is 0 Å². The van der Waals surface area contributed by atoms with Crippen LogP contribution in [0.1, 0.15) is 58.3 Å². The first-order chi connectivity index (χ1) is 12.0. The number of hydrogen-bond donors (Lipinski definition) is 2. The zero-order chi connectivity index (χ0) is 17.8. The van der Waals surface area contributed by atoms with Crippen molar-refractivity contribution in [3.05, 3.63) is 0 Å². The van der Waals surface area contributed by atoms with Gasteiger partial charge in [0.25, 0.3) is 0 Å². The molecular formula is C18H33N3O3S. The summed E-state index contributed by atoms with van der Waals surface area (Å²) in [6.07, 6.45) is 8.75. The third-order valence-electron chi connectivity index (χ3n) is 5.73. The normalized spacial score (nSPS) is 31.3. The molecule has 2 N–H and O–H groups in total. The van der Waals surface area contributed by atoms with Crippen molar-refractivity contribution >= 4 is 15.8 Å².